The van der Waals surface area contributed by atoms with Crippen LogP contribution in [0.15, 0.2) is 12.4 Å². The zero-order chi connectivity index (χ0) is 12.5. The lowest BCUT2D eigenvalue weighted by molar-refractivity contribution is 0.659. The third-order valence-corrected chi connectivity index (χ3v) is 3.66. The third-order valence-electron chi connectivity index (χ3n) is 3.35. The van der Waals surface area contributed by atoms with E-state index in [0.29, 0.717) is 11.0 Å². The molecule has 0 atom stereocenters. The molecule has 4 nitrogen and oxygen atoms in total. The molecule has 2 heterocycles. The lowest BCUT2D eigenvalue weighted by Crippen LogP contribution is -2.08. The Morgan fingerprint density at radius 3 is 2.89 bits per heavy atom. The molecule has 3 rings (SSSR count). The van der Waals surface area contributed by atoms with Gasteiger partial charge in [-0.25, -0.2) is 9.97 Å². The summed E-state index contributed by atoms with van der Waals surface area (Å²) in [5, 5.41) is 4.86. The van der Waals surface area contributed by atoms with Gasteiger partial charge in [-0.15, -0.1) is 0 Å². The minimum Gasteiger partial charge on any atom is -0.272 e. The largest absolute Gasteiger partial charge is 0.272 e. The number of hydrogen-bond donors (Lipinski definition) is 0. The van der Waals surface area contributed by atoms with Crippen molar-refractivity contribution in [3.63, 3.8) is 0 Å². The summed E-state index contributed by atoms with van der Waals surface area (Å²) in [6.45, 7) is 2.90. The van der Waals surface area contributed by atoms with Gasteiger partial charge in [-0.3, -0.25) is 4.68 Å². The molecule has 0 N–H and O–H groups in total. The first-order chi connectivity index (χ1) is 8.78. The highest BCUT2D eigenvalue weighted by Crippen LogP contribution is 2.27. The van der Waals surface area contributed by atoms with E-state index in [4.69, 9.17) is 11.6 Å². The smallest absolute Gasteiger partial charge is 0.164 e. The Morgan fingerprint density at radius 2 is 2.11 bits per heavy atom. The number of aromatic nitrogens is 4. The van der Waals surface area contributed by atoms with Crippen molar-refractivity contribution in [1.82, 2.24) is 19.7 Å². The molecule has 0 saturated heterocycles. The maximum atomic E-state index is 6.26. The summed E-state index contributed by atoms with van der Waals surface area (Å²) in [5.74, 6) is 0.695. The molecule has 94 valence electrons. The van der Waals surface area contributed by atoms with Crippen LogP contribution in [0.3, 0.4) is 0 Å². The number of aryl methyl sites for hydroxylation is 2. The van der Waals surface area contributed by atoms with Crippen LogP contribution < -0.4 is 0 Å². The Bertz CT molecular complexity index is 576. The maximum Gasteiger partial charge on any atom is 0.164 e. The van der Waals surface area contributed by atoms with Crippen molar-refractivity contribution >= 4 is 11.6 Å². The second kappa shape index (κ2) is 4.69. The molecular formula is C13H15ClN4. The number of rotatable bonds is 2. The molecule has 0 radical (unpaired) electrons. The van der Waals surface area contributed by atoms with Crippen molar-refractivity contribution < 1.29 is 0 Å². The van der Waals surface area contributed by atoms with Gasteiger partial charge in [-0.1, -0.05) is 11.6 Å². The van der Waals surface area contributed by atoms with Gasteiger partial charge in [0.05, 0.1) is 11.8 Å². The van der Waals surface area contributed by atoms with E-state index >= 15 is 0 Å². The third kappa shape index (κ3) is 2.01. The van der Waals surface area contributed by atoms with Crippen LogP contribution in [0, 0.1) is 0 Å². The number of hydrogen-bond acceptors (Lipinski definition) is 3. The van der Waals surface area contributed by atoms with E-state index in [0.717, 1.165) is 36.2 Å². The first-order valence-electron chi connectivity index (χ1n) is 6.36. The van der Waals surface area contributed by atoms with Gasteiger partial charge in [0.1, 0.15) is 5.15 Å². The summed E-state index contributed by atoms with van der Waals surface area (Å²) < 4.78 is 1.87. The van der Waals surface area contributed by atoms with Gasteiger partial charge in [0.25, 0.3) is 0 Å². The molecule has 0 spiro atoms. The monoisotopic (exact) mass is 262 g/mol. The molecule has 0 aliphatic heterocycles. The fourth-order valence-corrected chi connectivity index (χ4v) is 2.61. The normalized spacial score (nSPS) is 14.6. The molecule has 0 amide bonds. The SMILES string of the molecule is CCn1cc(-c2nc(Cl)c3c(n2)CCCC3)cn1. The number of nitrogens with zero attached hydrogens (tertiary/aromatic N) is 4. The Balaban J connectivity index is 2.04. The average Bonchev–Trinajstić information content (AvgIpc) is 2.87. The first kappa shape index (κ1) is 11.7. The summed E-state index contributed by atoms with van der Waals surface area (Å²) in [4.78, 5) is 9.05. The topological polar surface area (TPSA) is 43.6 Å². The number of fused-ring (bicyclic) bond motifs is 1. The van der Waals surface area contributed by atoms with Gasteiger partial charge in [0.2, 0.25) is 0 Å². The molecular weight excluding hydrogens is 248 g/mol. The molecule has 0 fully saturated rings. The first-order valence-corrected chi connectivity index (χ1v) is 6.74. The van der Waals surface area contributed by atoms with E-state index in [1.807, 2.05) is 10.9 Å². The predicted molar refractivity (Wildman–Crippen MR) is 70.6 cm³/mol. The van der Waals surface area contributed by atoms with Crippen molar-refractivity contribution in [2.45, 2.75) is 39.2 Å². The molecule has 2 aromatic rings. The molecule has 0 aromatic carbocycles. The fourth-order valence-electron chi connectivity index (χ4n) is 2.33. The van der Waals surface area contributed by atoms with Crippen LogP contribution in [-0.2, 0) is 19.4 Å². The van der Waals surface area contributed by atoms with Crippen LogP contribution in [0.5, 0.6) is 0 Å². The Hall–Kier alpha value is -1.42. The van der Waals surface area contributed by atoms with Gasteiger partial charge in [0, 0.05) is 24.0 Å². The zero-order valence-electron chi connectivity index (χ0n) is 10.4. The maximum absolute atomic E-state index is 6.26. The van der Waals surface area contributed by atoms with E-state index in [1.54, 1.807) is 6.20 Å². The molecule has 5 heteroatoms. The summed E-state index contributed by atoms with van der Waals surface area (Å²) in [7, 11) is 0. The molecule has 1 aliphatic carbocycles. The van der Waals surface area contributed by atoms with E-state index in [2.05, 4.69) is 22.0 Å². The zero-order valence-corrected chi connectivity index (χ0v) is 11.1. The highest BCUT2D eigenvalue weighted by atomic mass is 35.5. The Morgan fingerprint density at radius 1 is 1.28 bits per heavy atom. The quantitative estimate of drug-likeness (QED) is 0.782. The summed E-state index contributed by atoms with van der Waals surface area (Å²) >= 11 is 6.26. The van der Waals surface area contributed by atoms with Gasteiger partial charge in [-0.2, -0.15) is 5.10 Å². The van der Waals surface area contributed by atoms with Crippen LogP contribution >= 0.6 is 11.6 Å². The molecule has 0 saturated carbocycles. The van der Waals surface area contributed by atoms with Crippen LogP contribution in [0.4, 0.5) is 0 Å². The van der Waals surface area contributed by atoms with Crippen molar-refractivity contribution in [3.8, 4) is 11.4 Å². The number of halogens is 1. The minimum absolute atomic E-state index is 0.610. The van der Waals surface area contributed by atoms with Crippen molar-refractivity contribution in [1.29, 1.82) is 0 Å². The van der Waals surface area contributed by atoms with Gasteiger partial charge in [0.15, 0.2) is 5.82 Å². The lowest BCUT2D eigenvalue weighted by atomic mass is 9.97. The van der Waals surface area contributed by atoms with Gasteiger partial charge in [-0.05, 0) is 32.6 Å². The Labute approximate surface area is 111 Å². The highest BCUT2D eigenvalue weighted by Gasteiger charge is 2.17. The average molecular weight is 263 g/mol. The Kier molecular flexibility index (Phi) is 3.04. The molecule has 0 bridgehead atoms. The predicted octanol–water partition coefficient (Wildman–Crippen LogP) is 2.89. The van der Waals surface area contributed by atoms with Crippen LogP contribution in [-0.4, -0.2) is 19.7 Å². The van der Waals surface area contributed by atoms with Crippen LogP contribution in [0.2, 0.25) is 5.15 Å². The second-order valence-corrected chi connectivity index (χ2v) is 4.91. The van der Waals surface area contributed by atoms with E-state index in [1.165, 1.54) is 12.8 Å². The van der Waals surface area contributed by atoms with Gasteiger partial charge >= 0.3 is 0 Å². The van der Waals surface area contributed by atoms with E-state index in [9.17, 15) is 0 Å². The van der Waals surface area contributed by atoms with Crippen molar-refractivity contribution in [3.05, 3.63) is 28.8 Å². The molecule has 0 unspecified atom stereocenters. The van der Waals surface area contributed by atoms with Crippen LogP contribution in [0.1, 0.15) is 31.0 Å². The second-order valence-electron chi connectivity index (χ2n) is 4.56. The van der Waals surface area contributed by atoms with E-state index < -0.39 is 0 Å². The van der Waals surface area contributed by atoms with Crippen LogP contribution in [0.25, 0.3) is 11.4 Å². The molecule has 2 aromatic heterocycles. The standard InChI is InChI=1S/C13H15ClN4/c1-2-18-8-9(7-15-18)13-16-11-6-4-3-5-10(11)12(14)17-13/h7-8H,2-6H2,1H3. The molecule has 18 heavy (non-hydrogen) atoms. The summed E-state index contributed by atoms with van der Waals surface area (Å²) in [6.07, 6.45) is 8.14. The summed E-state index contributed by atoms with van der Waals surface area (Å²) in [5.41, 5.74) is 3.18. The molecule has 1 aliphatic rings. The van der Waals surface area contributed by atoms with Gasteiger partial charge < -0.3 is 0 Å². The highest BCUT2D eigenvalue weighted by molar-refractivity contribution is 6.30. The summed E-state index contributed by atoms with van der Waals surface area (Å²) in [6, 6.07) is 0. The lowest BCUT2D eigenvalue weighted by Gasteiger charge is -2.16. The minimum atomic E-state index is 0.610. The van der Waals surface area contributed by atoms with Crippen molar-refractivity contribution in [2.75, 3.05) is 0 Å². The fraction of sp³-hybridized carbons (Fsp3) is 0.462. The van der Waals surface area contributed by atoms with E-state index in [-0.39, 0.29) is 0 Å². The van der Waals surface area contributed by atoms with Crippen molar-refractivity contribution in [2.24, 2.45) is 0 Å².